The van der Waals surface area contributed by atoms with Gasteiger partial charge in [0.25, 0.3) is 0 Å². The molecule has 2 aromatic rings. The van der Waals surface area contributed by atoms with Crippen molar-refractivity contribution in [1.29, 1.82) is 0 Å². The van der Waals surface area contributed by atoms with Crippen molar-refractivity contribution in [1.82, 2.24) is 10.3 Å². The van der Waals surface area contributed by atoms with E-state index in [1.54, 1.807) is 11.3 Å². The summed E-state index contributed by atoms with van der Waals surface area (Å²) in [6, 6.07) is 9.66. The first-order chi connectivity index (χ1) is 12.0. The summed E-state index contributed by atoms with van der Waals surface area (Å²) in [6.45, 7) is 8.51. The van der Waals surface area contributed by atoms with Gasteiger partial charge in [-0.2, -0.15) is 0 Å². The average Bonchev–Trinajstić information content (AvgIpc) is 2.92. The second-order valence-electron chi connectivity index (χ2n) is 8.33. The lowest BCUT2D eigenvalue weighted by atomic mass is 9.74. The van der Waals surface area contributed by atoms with Gasteiger partial charge in [0, 0.05) is 30.1 Å². The second-order valence-corrected chi connectivity index (χ2v) is 9.34. The van der Waals surface area contributed by atoms with Crippen LogP contribution in [0.25, 0.3) is 10.4 Å². The van der Waals surface area contributed by atoms with Crippen LogP contribution in [-0.2, 0) is 0 Å². The summed E-state index contributed by atoms with van der Waals surface area (Å²) in [5.41, 5.74) is 11.6. The molecule has 0 atom stereocenters. The molecule has 0 radical (unpaired) electrons. The number of primary amides is 1. The number of hydrogen-bond donors (Lipinski definition) is 3. The van der Waals surface area contributed by atoms with Crippen LogP contribution in [0.2, 0.25) is 0 Å². The Kier molecular flexibility index (Phi) is 4.48. The molecule has 0 aliphatic carbocycles. The van der Waals surface area contributed by atoms with E-state index in [0.717, 1.165) is 15.6 Å². The van der Waals surface area contributed by atoms with E-state index in [-0.39, 0.29) is 11.1 Å². The van der Waals surface area contributed by atoms with E-state index < -0.39 is 11.7 Å². The monoisotopic (exact) mass is 373 g/mol. The van der Waals surface area contributed by atoms with Crippen molar-refractivity contribution < 1.29 is 4.79 Å². The van der Waals surface area contributed by atoms with Gasteiger partial charge in [-0.3, -0.25) is 0 Å². The Hall–Kier alpha value is -2.12. The third kappa shape index (κ3) is 3.54. The summed E-state index contributed by atoms with van der Waals surface area (Å²) >= 11 is 1.67. The Labute approximate surface area is 158 Å². The number of thiazole rings is 1. The van der Waals surface area contributed by atoms with Gasteiger partial charge in [-0.1, -0.05) is 41.7 Å². The maximum Gasteiger partial charge on any atom is 0.313 e. The fourth-order valence-electron chi connectivity index (χ4n) is 4.54. The highest BCUT2D eigenvalue weighted by Crippen LogP contribution is 2.46. The van der Waals surface area contributed by atoms with Crippen LogP contribution in [0.5, 0.6) is 0 Å². The van der Waals surface area contributed by atoms with Crippen LogP contribution in [0.4, 0.5) is 9.93 Å². The van der Waals surface area contributed by atoms with Crippen LogP contribution < -0.4 is 21.7 Å². The van der Waals surface area contributed by atoms with Crippen molar-refractivity contribution >= 4 is 22.5 Å². The molecule has 140 valence electrons. The first-order valence-electron chi connectivity index (χ1n) is 8.71. The summed E-state index contributed by atoms with van der Waals surface area (Å²) in [5, 5.41) is 3.70. The highest BCUT2D eigenvalue weighted by Gasteiger charge is 2.52. The molecule has 2 amide bonds. The summed E-state index contributed by atoms with van der Waals surface area (Å²) in [7, 11) is 0. The molecule has 1 fully saturated rings. The number of carbonyl (C=O) groups excluding carboxylic acids is 1. The molecular formula is C19H27N5OS. The van der Waals surface area contributed by atoms with Gasteiger partial charge in [0.05, 0.1) is 10.5 Å². The first kappa shape index (κ1) is 18.7. The largest absolute Gasteiger partial charge is 0.352 e. The number of nitrogens with zero attached hydrogens (tertiary/aromatic N) is 2. The van der Waals surface area contributed by atoms with Gasteiger partial charge in [0.2, 0.25) is 0 Å². The number of rotatable bonds is 3. The van der Waals surface area contributed by atoms with Gasteiger partial charge in [0.15, 0.2) is 5.13 Å². The normalized spacial score (nSPS) is 20.6. The molecule has 5 N–H and O–H groups in total. The van der Waals surface area contributed by atoms with Crippen LogP contribution in [0.1, 0.15) is 40.5 Å². The Morgan fingerprint density at radius 3 is 2.27 bits per heavy atom. The van der Waals surface area contributed by atoms with E-state index >= 15 is 0 Å². The molecule has 6 nitrogen and oxygen atoms in total. The number of anilines is 1. The molecule has 1 aromatic heterocycles. The number of nitrogens with one attached hydrogen (secondary N) is 1. The van der Waals surface area contributed by atoms with E-state index in [9.17, 15) is 4.79 Å². The summed E-state index contributed by atoms with van der Waals surface area (Å²) < 4.78 is 0. The predicted octanol–water partition coefficient (Wildman–Crippen LogP) is 3.29. The fraction of sp³-hybridized carbons (Fsp3) is 0.474. The van der Waals surface area contributed by atoms with Crippen LogP contribution in [-0.4, -0.2) is 27.8 Å². The minimum Gasteiger partial charge on any atom is -0.352 e. The van der Waals surface area contributed by atoms with Gasteiger partial charge in [-0.25, -0.2) is 9.78 Å². The van der Waals surface area contributed by atoms with E-state index in [1.807, 2.05) is 24.4 Å². The van der Waals surface area contributed by atoms with Crippen molar-refractivity contribution in [2.75, 3.05) is 4.90 Å². The number of piperidine rings is 1. The first-order valence-corrected chi connectivity index (χ1v) is 9.52. The predicted molar refractivity (Wildman–Crippen MR) is 107 cm³/mol. The van der Waals surface area contributed by atoms with Crippen LogP contribution in [0.15, 0.2) is 36.5 Å². The minimum absolute atomic E-state index is 0.301. The Balaban J connectivity index is 1.95. The van der Waals surface area contributed by atoms with Gasteiger partial charge in [-0.15, -0.1) is 0 Å². The molecule has 1 saturated heterocycles. The van der Waals surface area contributed by atoms with Crippen LogP contribution in [0.3, 0.4) is 0 Å². The van der Waals surface area contributed by atoms with Gasteiger partial charge >= 0.3 is 6.03 Å². The summed E-state index contributed by atoms with van der Waals surface area (Å²) in [6.07, 6.45) is 3.08. The number of aromatic nitrogens is 1. The van der Waals surface area contributed by atoms with Gasteiger partial charge in [0.1, 0.15) is 0 Å². The summed E-state index contributed by atoms with van der Waals surface area (Å²) in [5.74, 6) is 0. The zero-order chi connectivity index (χ0) is 19.2. The number of benzene rings is 1. The van der Waals surface area contributed by atoms with Crippen molar-refractivity contribution in [2.24, 2.45) is 11.5 Å². The molecule has 1 aromatic carbocycles. The lowest BCUT2D eigenvalue weighted by molar-refractivity contribution is 0.128. The lowest BCUT2D eigenvalue weighted by Gasteiger charge is -2.58. The lowest BCUT2D eigenvalue weighted by Crippen LogP contribution is -2.73. The zero-order valence-electron chi connectivity index (χ0n) is 15.7. The van der Waals surface area contributed by atoms with Crippen LogP contribution in [0, 0.1) is 0 Å². The molecule has 0 spiro atoms. The van der Waals surface area contributed by atoms with Crippen molar-refractivity contribution in [2.45, 2.75) is 57.3 Å². The smallest absolute Gasteiger partial charge is 0.313 e. The van der Waals surface area contributed by atoms with E-state index in [0.29, 0.717) is 12.8 Å². The molecule has 26 heavy (non-hydrogen) atoms. The van der Waals surface area contributed by atoms with Gasteiger partial charge in [-0.05, 0) is 33.3 Å². The highest BCUT2D eigenvalue weighted by molar-refractivity contribution is 7.18. The second kappa shape index (κ2) is 6.25. The third-order valence-corrected chi connectivity index (χ3v) is 5.85. The van der Waals surface area contributed by atoms with E-state index in [1.165, 1.54) is 0 Å². The zero-order valence-corrected chi connectivity index (χ0v) is 16.6. The Morgan fingerprint density at radius 2 is 1.73 bits per heavy atom. The minimum atomic E-state index is -0.838. The average molecular weight is 374 g/mol. The Bertz CT molecular complexity index is 781. The van der Waals surface area contributed by atoms with E-state index in [4.69, 9.17) is 16.5 Å². The van der Waals surface area contributed by atoms with Crippen LogP contribution >= 0.6 is 11.3 Å². The van der Waals surface area contributed by atoms with Crippen molar-refractivity contribution in [3.8, 4) is 10.4 Å². The molecule has 0 bridgehead atoms. The Morgan fingerprint density at radius 1 is 1.15 bits per heavy atom. The maximum atomic E-state index is 11.4. The molecule has 1 aliphatic heterocycles. The quantitative estimate of drug-likeness (QED) is 0.719. The number of amides is 2. The number of urea groups is 1. The van der Waals surface area contributed by atoms with Crippen molar-refractivity contribution in [3.63, 3.8) is 0 Å². The molecular weight excluding hydrogens is 346 g/mol. The van der Waals surface area contributed by atoms with E-state index in [2.05, 4.69) is 50.0 Å². The SMILES string of the molecule is CC1(C)CC(N)(NC(N)=O)CC(C)(C)N1c1ncc(-c2ccccc2)s1. The molecule has 7 heteroatoms. The molecule has 0 unspecified atom stereocenters. The fourth-order valence-corrected chi connectivity index (χ4v) is 5.79. The summed E-state index contributed by atoms with van der Waals surface area (Å²) in [4.78, 5) is 19.6. The number of carbonyl (C=O) groups is 1. The molecule has 0 saturated carbocycles. The van der Waals surface area contributed by atoms with Crippen molar-refractivity contribution in [3.05, 3.63) is 36.5 Å². The highest BCUT2D eigenvalue weighted by atomic mass is 32.1. The van der Waals surface area contributed by atoms with Gasteiger partial charge < -0.3 is 21.7 Å². The molecule has 2 heterocycles. The molecule has 3 rings (SSSR count). The number of hydrogen-bond acceptors (Lipinski definition) is 5. The third-order valence-electron chi connectivity index (χ3n) is 4.82. The standard InChI is InChI=1S/C19H27N5OS/c1-17(2)11-19(21,23-15(20)25)12-18(3,4)24(17)16-22-10-14(26-16)13-8-6-5-7-9-13/h5-10H,11-12,21H2,1-4H3,(H3,20,23,25). The number of nitrogens with two attached hydrogens (primary N) is 2. The molecule has 1 aliphatic rings. The maximum absolute atomic E-state index is 11.4. The topological polar surface area (TPSA) is 97.3 Å².